The molecule has 2 heterocycles. The van der Waals surface area contributed by atoms with E-state index in [1.807, 2.05) is 24.5 Å². The largest absolute Gasteiger partial charge is 0.497 e. The van der Waals surface area contributed by atoms with E-state index in [4.69, 9.17) is 9.47 Å². The van der Waals surface area contributed by atoms with Crippen molar-refractivity contribution in [2.24, 2.45) is 5.10 Å². The van der Waals surface area contributed by atoms with Gasteiger partial charge in [-0.25, -0.2) is 10.2 Å². The average Bonchev–Trinajstić information content (AvgIpc) is 3.34. The van der Waals surface area contributed by atoms with E-state index in [1.165, 1.54) is 4.88 Å². The van der Waals surface area contributed by atoms with Gasteiger partial charge in [0.05, 0.1) is 18.9 Å². The van der Waals surface area contributed by atoms with Crippen LogP contribution in [-0.4, -0.2) is 41.5 Å². The molecule has 4 rings (SSSR count). The Balaban J connectivity index is 1.46. The van der Waals surface area contributed by atoms with Crippen molar-refractivity contribution >= 4 is 29.4 Å². The Bertz CT molecular complexity index is 1240. The van der Waals surface area contributed by atoms with Crippen molar-refractivity contribution in [3.8, 4) is 16.5 Å². The van der Waals surface area contributed by atoms with Gasteiger partial charge in [0.1, 0.15) is 16.5 Å². The first kappa shape index (κ1) is 23.6. The Morgan fingerprint density at radius 1 is 1.18 bits per heavy atom. The van der Waals surface area contributed by atoms with Crippen LogP contribution in [0.2, 0.25) is 0 Å². The number of aromatic nitrogens is 1. The number of rotatable bonds is 8. The maximum Gasteiger partial charge on any atom is 0.339 e. The second-order valence-corrected chi connectivity index (χ2v) is 9.20. The van der Waals surface area contributed by atoms with Crippen molar-refractivity contribution in [3.63, 3.8) is 0 Å². The molecule has 8 nitrogen and oxygen atoms in total. The number of thiophene rings is 1. The third-order valence-corrected chi connectivity index (χ3v) is 7.14. The number of benzene rings is 1. The lowest BCUT2D eigenvalue weighted by Gasteiger charge is -2.11. The van der Waals surface area contributed by atoms with Gasteiger partial charge in [0.2, 0.25) is 0 Å². The van der Waals surface area contributed by atoms with E-state index >= 15 is 0 Å². The van der Waals surface area contributed by atoms with Gasteiger partial charge < -0.3 is 19.1 Å². The summed E-state index contributed by atoms with van der Waals surface area (Å²) < 4.78 is 12.5. The first-order chi connectivity index (χ1) is 16.4. The summed E-state index contributed by atoms with van der Waals surface area (Å²) in [6.07, 6.45) is 5.42. The summed E-state index contributed by atoms with van der Waals surface area (Å²) in [5, 5.41) is 14.7. The predicted octanol–water partition coefficient (Wildman–Crippen LogP) is 4.27. The smallest absolute Gasteiger partial charge is 0.339 e. The van der Waals surface area contributed by atoms with Gasteiger partial charge in [-0.1, -0.05) is 0 Å². The Morgan fingerprint density at radius 3 is 2.59 bits per heavy atom. The fraction of sp³-hybridized carbons (Fsp3) is 0.320. The number of carboxylic acid groups (broad SMARTS) is 1. The van der Waals surface area contributed by atoms with Gasteiger partial charge in [-0.15, -0.1) is 11.3 Å². The van der Waals surface area contributed by atoms with Crippen molar-refractivity contribution in [3.05, 3.63) is 63.3 Å². The second kappa shape index (κ2) is 10.1. The Hall–Kier alpha value is -3.59. The SMILES string of the molecule is COc1ccc(OCC(=O)NN=Cc2cc(C)n(-c3sc4c(c3C(=O)O)CCCC4)c2C)cc1. The number of hydrogen-bond acceptors (Lipinski definition) is 6. The van der Waals surface area contributed by atoms with E-state index in [-0.39, 0.29) is 12.5 Å². The summed E-state index contributed by atoms with van der Waals surface area (Å²) in [5.74, 6) is -0.0187. The fourth-order valence-electron chi connectivity index (χ4n) is 4.19. The van der Waals surface area contributed by atoms with Crippen molar-refractivity contribution in [1.29, 1.82) is 0 Å². The zero-order chi connectivity index (χ0) is 24.2. The zero-order valence-corrected chi connectivity index (χ0v) is 20.2. The molecule has 0 radical (unpaired) electrons. The Morgan fingerprint density at radius 2 is 1.88 bits per heavy atom. The van der Waals surface area contributed by atoms with Crippen molar-refractivity contribution in [2.45, 2.75) is 39.5 Å². The number of hydrazone groups is 1. The van der Waals surface area contributed by atoms with E-state index in [0.717, 1.165) is 53.2 Å². The number of nitrogens with one attached hydrogen (secondary N) is 1. The molecule has 0 fully saturated rings. The van der Waals surface area contributed by atoms with Gasteiger partial charge in [0.25, 0.3) is 5.91 Å². The number of hydrogen-bond donors (Lipinski definition) is 2. The highest BCUT2D eigenvalue weighted by atomic mass is 32.1. The molecule has 0 bridgehead atoms. The van der Waals surface area contributed by atoms with Gasteiger partial charge in [0, 0.05) is 21.8 Å². The molecule has 3 aromatic rings. The van der Waals surface area contributed by atoms with Gasteiger partial charge in [-0.2, -0.15) is 5.10 Å². The summed E-state index contributed by atoms with van der Waals surface area (Å²) in [4.78, 5) is 25.4. The number of carbonyl (C=O) groups is 2. The summed E-state index contributed by atoms with van der Waals surface area (Å²) in [6.45, 7) is 3.69. The highest BCUT2D eigenvalue weighted by molar-refractivity contribution is 7.15. The lowest BCUT2D eigenvalue weighted by atomic mass is 9.95. The van der Waals surface area contributed by atoms with Gasteiger partial charge in [0.15, 0.2) is 6.61 Å². The normalized spacial score (nSPS) is 13.0. The number of carbonyl (C=O) groups excluding carboxylic acids is 1. The van der Waals surface area contributed by atoms with Crippen LogP contribution in [0.15, 0.2) is 35.4 Å². The Kier molecular flexibility index (Phi) is 7.02. The van der Waals surface area contributed by atoms with Crippen LogP contribution in [0.1, 0.15) is 50.6 Å². The van der Waals surface area contributed by atoms with Crippen LogP contribution in [0.4, 0.5) is 0 Å². The number of fused-ring (bicyclic) bond motifs is 1. The average molecular weight is 482 g/mol. The molecule has 1 aliphatic rings. The summed E-state index contributed by atoms with van der Waals surface area (Å²) in [5.41, 5.74) is 6.44. The third-order valence-electron chi connectivity index (χ3n) is 5.86. The molecule has 0 aliphatic heterocycles. The topological polar surface area (TPSA) is 102 Å². The number of nitrogens with zero attached hydrogens (tertiary/aromatic N) is 2. The fourth-order valence-corrected chi connectivity index (χ4v) is 5.68. The summed E-state index contributed by atoms with van der Waals surface area (Å²) in [7, 11) is 1.58. The Labute approximate surface area is 201 Å². The molecule has 0 saturated carbocycles. The van der Waals surface area contributed by atoms with Crippen molar-refractivity contribution in [1.82, 2.24) is 9.99 Å². The molecule has 0 spiro atoms. The maximum absolute atomic E-state index is 12.1. The molecule has 34 heavy (non-hydrogen) atoms. The first-order valence-corrected chi connectivity index (χ1v) is 11.9. The van der Waals surface area contributed by atoms with Crippen LogP contribution < -0.4 is 14.9 Å². The minimum Gasteiger partial charge on any atom is -0.497 e. The standard InChI is InChI=1S/C25H27N3O5S/c1-15-12-17(13-26-27-22(29)14-33-19-10-8-18(32-3)9-11-19)16(2)28(15)24-23(25(30)31)20-6-4-5-7-21(20)34-24/h8-13H,4-7,14H2,1-3H3,(H,27,29)(H,30,31). The van der Waals surface area contributed by atoms with E-state index in [0.29, 0.717) is 17.1 Å². The van der Waals surface area contributed by atoms with E-state index < -0.39 is 5.97 Å². The highest BCUT2D eigenvalue weighted by Gasteiger charge is 2.27. The number of carboxylic acids is 1. The van der Waals surface area contributed by atoms with Crippen LogP contribution >= 0.6 is 11.3 Å². The quantitative estimate of drug-likeness (QED) is 0.370. The predicted molar refractivity (Wildman–Crippen MR) is 131 cm³/mol. The molecule has 0 atom stereocenters. The lowest BCUT2D eigenvalue weighted by Crippen LogP contribution is -2.24. The minimum atomic E-state index is -0.888. The van der Waals surface area contributed by atoms with E-state index in [1.54, 1.807) is 48.9 Å². The van der Waals surface area contributed by atoms with Crippen LogP contribution in [-0.2, 0) is 17.6 Å². The second-order valence-electron chi connectivity index (χ2n) is 8.12. The molecule has 1 aromatic carbocycles. The van der Waals surface area contributed by atoms with Crippen molar-refractivity contribution in [2.75, 3.05) is 13.7 Å². The number of aryl methyl sites for hydroxylation is 2. The molecule has 0 saturated heterocycles. The molecule has 2 aromatic heterocycles. The number of ether oxygens (including phenoxy) is 2. The molecular weight excluding hydrogens is 454 g/mol. The summed E-state index contributed by atoms with van der Waals surface area (Å²) >= 11 is 1.56. The molecule has 1 aliphatic carbocycles. The molecule has 178 valence electrons. The minimum absolute atomic E-state index is 0.175. The van der Waals surface area contributed by atoms with Gasteiger partial charge >= 0.3 is 5.97 Å². The highest BCUT2D eigenvalue weighted by Crippen LogP contribution is 2.38. The zero-order valence-electron chi connectivity index (χ0n) is 19.4. The van der Waals surface area contributed by atoms with Crippen LogP contribution in [0.3, 0.4) is 0 Å². The number of aromatic carboxylic acids is 1. The van der Waals surface area contributed by atoms with Gasteiger partial charge in [-0.05, 0) is 75.4 Å². The van der Waals surface area contributed by atoms with E-state index in [9.17, 15) is 14.7 Å². The molecular formula is C25H27N3O5S. The van der Waals surface area contributed by atoms with Gasteiger partial charge in [-0.3, -0.25) is 4.79 Å². The first-order valence-electron chi connectivity index (χ1n) is 11.0. The molecule has 1 amide bonds. The monoisotopic (exact) mass is 481 g/mol. The van der Waals surface area contributed by atoms with Crippen LogP contribution in [0, 0.1) is 13.8 Å². The third kappa shape index (κ3) is 4.84. The summed E-state index contributed by atoms with van der Waals surface area (Å²) in [6, 6.07) is 8.88. The van der Waals surface area contributed by atoms with Crippen LogP contribution in [0.5, 0.6) is 11.5 Å². The maximum atomic E-state index is 12.1. The molecule has 0 unspecified atom stereocenters. The number of methoxy groups -OCH3 is 1. The van der Waals surface area contributed by atoms with Crippen LogP contribution in [0.25, 0.3) is 5.00 Å². The molecule has 9 heteroatoms. The van der Waals surface area contributed by atoms with E-state index in [2.05, 4.69) is 10.5 Å². The lowest BCUT2D eigenvalue weighted by molar-refractivity contribution is -0.123. The van der Waals surface area contributed by atoms with Crippen molar-refractivity contribution < 1.29 is 24.2 Å². The molecule has 2 N–H and O–H groups in total. The number of amides is 1.